The Morgan fingerprint density at radius 1 is 1.62 bits per heavy atom. The number of carbonyl (C=O) groups is 1. The van der Waals surface area contributed by atoms with Gasteiger partial charge in [0.15, 0.2) is 0 Å². The summed E-state index contributed by atoms with van der Waals surface area (Å²) in [6, 6.07) is 0. The minimum absolute atomic E-state index is 0.301. The van der Waals surface area contributed by atoms with E-state index in [-0.39, 0.29) is 5.92 Å². The van der Waals surface area contributed by atoms with Gasteiger partial charge in [0.1, 0.15) is 12.2 Å². The molecule has 0 bridgehead atoms. The third-order valence-corrected chi connectivity index (χ3v) is 3.49. The van der Waals surface area contributed by atoms with E-state index in [1.54, 1.807) is 11.7 Å². The quantitative estimate of drug-likeness (QED) is 0.834. The number of hydrogen-bond acceptors (Lipinski definition) is 3. The molecule has 5 heteroatoms. The number of aromatic nitrogens is 3. The smallest absolute Gasteiger partial charge is 0.307 e. The third kappa shape index (κ3) is 2.23. The van der Waals surface area contributed by atoms with Crippen LogP contribution in [0.25, 0.3) is 0 Å². The SMILES string of the molecule is Cn1ncnc1CC(C(=O)O)C1CCCC1. The maximum atomic E-state index is 11.3. The van der Waals surface area contributed by atoms with Gasteiger partial charge >= 0.3 is 5.97 Å². The molecule has 1 aromatic heterocycles. The van der Waals surface area contributed by atoms with Crippen molar-refractivity contribution in [1.82, 2.24) is 14.8 Å². The van der Waals surface area contributed by atoms with E-state index in [9.17, 15) is 9.90 Å². The van der Waals surface area contributed by atoms with Crippen molar-refractivity contribution in [2.24, 2.45) is 18.9 Å². The Bertz CT molecular complexity index is 369. The van der Waals surface area contributed by atoms with Gasteiger partial charge in [0.05, 0.1) is 5.92 Å². The van der Waals surface area contributed by atoms with Crippen molar-refractivity contribution < 1.29 is 9.90 Å². The molecule has 0 saturated heterocycles. The topological polar surface area (TPSA) is 68.0 Å². The van der Waals surface area contributed by atoms with Crippen LogP contribution in [-0.2, 0) is 18.3 Å². The van der Waals surface area contributed by atoms with Crippen LogP contribution in [0.3, 0.4) is 0 Å². The van der Waals surface area contributed by atoms with Gasteiger partial charge in [-0.1, -0.05) is 12.8 Å². The fourth-order valence-corrected chi connectivity index (χ4v) is 2.52. The minimum Gasteiger partial charge on any atom is -0.481 e. The third-order valence-electron chi connectivity index (χ3n) is 3.49. The second kappa shape index (κ2) is 4.63. The van der Waals surface area contributed by atoms with Gasteiger partial charge in [-0.25, -0.2) is 4.98 Å². The van der Waals surface area contributed by atoms with E-state index < -0.39 is 5.97 Å². The molecule has 1 atom stereocenters. The normalized spacial score (nSPS) is 18.8. The highest BCUT2D eigenvalue weighted by atomic mass is 16.4. The highest BCUT2D eigenvalue weighted by molar-refractivity contribution is 5.70. The fraction of sp³-hybridized carbons (Fsp3) is 0.727. The Labute approximate surface area is 94.5 Å². The monoisotopic (exact) mass is 223 g/mol. The number of nitrogens with zero attached hydrogens (tertiary/aromatic N) is 3. The first-order valence-electron chi connectivity index (χ1n) is 5.74. The summed E-state index contributed by atoms with van der Waals surface area (Å²) in [5.74, 6) is 0.0776. The number of carboxylic acid groups (broad SMARTS) is 1. The van der Waals surface area contributed by atoms with Crippen LogP contribution in [0.5, 0.6) is 0 Å². The van der Waals surface area contributed by atoms with Crippen LogP contribution in [0.1, 0.15) is 31.5 Å². The molecule has 16 heavy (non-hydrogen) atoms. The molecule has 5 nitrogen and oxygen atoms in total. The van der Waals surface area contributed by atoms with Gasteiger partial charge < -0.3 is 5.11 Å². The second-order valence-electron chi connectivity index (χ2n) is 4.49. The van der Waals surface area contributed by atoms with E-state index in [2.05, 4.69) is 10.1 Å². The standard InChI is InChI=1S/C11H17N3O2/c1-14-10(12-7-13-14)6-9(11(15)16)8-4-2-3-5-8/h7-9H,2-6H2,1H3,(H,15,16). The van der Waals surface area contributed by atoms with Crippen molar-refractivity contribution in [3.05, 3.63) is 12.2 Å². The molecule has 0 amide bonds. The molecular weight excluding hydrogens is 206 g/mol. The highest BCUT2D eigenvalue weighted by Crippen LogP contribution is 2.33. The number of carboxylic acids is 1. The van der Waals surface area contributed by atoms with Gasteiger partial charge in [0, 0.05) is 13.5 Å². The van der Waals surface area contributed by atoms with Gasteiger partial charge in [-0.05, 0) is 18.8 Å². The number of rotatable bonds is 4. The lowest BCUT2D eigenvalue weighted by Gasteiger charge is -2.18. The van der Waals surface area contributed by atoms with Crippen LogP contribution in [-0.4, -0.2) is 25.8 Å². The van der Waals surface area contributed by atoms with Gasteiger partial charge in [0.2, 0.25) is 0 Å². The Kier molecular flexibility index (Phi) is 3.22. The molecule has 1 aromatic rings. The Morgan fingerprint density at radius 3 is 2.81 bits per heavy atom. The Balaban J connectivity index is 2.08. The summed E-state index contributed by atoms with van der Waals surface area (Å²) in [5.41, 5.74) is 0. The van der Waals surface area contributed by atoms with Crippen molar-refractivity contribution in [2.45, 2.75) is 32.1 Å². The summed E-state index contributed by atoms with van der Waals surface area (Å²) in [4.78, 5) is 15.4. The maximum Gasteiger partial charge on any atom is 0.307 e. The van der Waals surface area contributed by atoms with Crippen molar-refractivity contribution >= 4 is 5.97 Å². The summed E-state index contributed by atoms with van der Waals surface area (Å²) in [6.07, 6.45) is 6.36. The molecule has 1 heterocycles. The predicted molar refractivity (Wildman–Crippen MR) is 57.8 cm³/mol. The number of hydrogen-bond donors (Lipinski definition) is 1. The molecule has 1 N–H and O–H groups in total. The van der Waals surface area contributed by atoms with Gasteiger partial charge in [0.25, 0.3) is 0 Å². The number of aliphatic carboxylic acids is 1. The van der Waals surface area contributed by atoms with Crippen molar-refractivity contribution in [2.75, 3.05) is 0 Å². The summed E-state index contributed by atoms with van der Waals surface area (Å²) in [7, 11) is 1.80. The average Bonchev–Trinajstić information content (AvgIpc) is 2.85. The van der Waals surface area contributed by atoms with Crippen LogP contribution in [0, 0.1) is 11.8 Å². The molecule has 0 aliphatic heterocycles. The minimum atomic E-state index is -0.699. The van der Waals surface area contributed by atoms with E-state index in [1.165, 1.54) is 6.33 Å². The molecule has 0 spiro atoms. The molecule has 0 radical (unpaired) electrons. The van der Waals surface area contributed by atoms with Crippen LogP contribution < -0.4 is 0 Å². The van der Waals surface area contributed by atoms with E-state index in [0.717, 1.165) is 31.5 Å². The number of aryl methyl sites for hydroxylation is 1. The Morgan fingerprint density at radius 2 is 2.31 bits per heavy atom. The zero-order chi connectivity index (χ0) is 11.5. The lowest BCUT2D eigenvalue weighted by molar-refractivity contribution is -0.143. The van der Waals surface area contributed by atoms with Crippen LogP contribution in [0.4, 0.5) is 0 Å². The summed E-state index contributed by atoms with van der Waals surface area (Å²) in [5, 5.41) is 13.2. The molecule has 2 rings (SSSR count). The molecule has 1 unspecified atom stereocenters. The van der Waals surface area contributed by atoms with Crippen molar-refractivity contribution in [3.63, 3.8) is 0 Å². The average molecular weight is 223 g/mol. The molecule has 0 aromatic carbocycles. The molecule has 1 aliphatic rings. The molecule has 1 fully saturated rings. The van der Waals surface area contributed by atoms with Gasteiger partial charge in [-0.2, -0.15) is 5.10 Å². The summed E-state index contributed by atoms with van der Waals surface area (Å²) >= 11 is 0. The lowest BCUT2D eigenvalue weighted by atomic mass is 9.88. The molecule has 88 valence electrons. The summed E-state index contributed by atoms with van der Waals surface area (Å²) < 4.78 is 1.66. The molecule has 1 saturated carbocycles. The van der Waals surface area contributed by atoms with Crippen LogP contribution in [0.2, 0.25) is 0 Å². The van der Waals surface area contributed by atoms with E-state index in [4.69, 9.17) is 0 Å². The lowest BCUT2D eigenvalue weighted by Crippen LogP contribution is -2.25. The maximum absolute atomic E-state index is 11.3. The van der Waals surface area contributed by atoms with Crippen LogP contribution >= 0.6 is 0 Å². The van der Waals surface area contributed by atoms with Crippen LogP contribution in [0.15, 0.2) is 6.33 Å². The van der Waals surface area contributed by atoms with Crippen molar-refractivity contribution in [1.29, 1.82) is 0 Å². The first-order valence-corrected chi connectivity index (χ1v) is 5.74. The molecular formula is C11H17N3O2. The highest BCUT2D eigenvalue weighted by Gasteiger charge is 2.31. The molecule has 1 aliphatic carbocycles. The second-order valence-corrected chi connectivity index (χ2v) is 4.49. The fourth-order valence-electron chi connectivity index (χ4n) is 2.52. The van der Waals surface area contributed by atoms with E-state index in [1.807, 2.05) is 0 Å². The van der Waals surface area contributed by atoms with E-state index in [0.29, 0.717) is 12.3 Å². The van der Waals surface area contributed by atoms with E-state index >= 15 is 0 Å². The zero-order valence-corrected chi connectivity index (χ0v) is 9.46. The van der Waals surface area contributed by atoms with Gasteiger partial charge in [-0.15, -0.1) is 0 Å². The predicted octanol–water partition coefficient (Wildman–Crippen LogP) is 1.25. The first-order chi connectivity index (χ1) is 7.68. The zero-order valence-electron chi connectivity index (χ0n) is 9.46. The first kappa shape index (κ1) is 11.1. The summed E-state index contributed by atoms with van der Waals surface area (Å²) in [6.45, 7) is 0. The van der Waals surface area contributed by atoms with Gasteiger partial charge in [-0.3, -0.25) is 9.48 Å². The Hall–Kier alpha value is -1.39. The van der Waals surface area contributed by atoms with Crippen molar-refractivity contribution in [3.8, 4) is 0 Å². The largest absolute Gasteiger partial charge is 0.481 e.